The van der Waals surface area contributed by atoms with Crippen LogP contribution in [-0.2, 0) is 17.8 Å². The zero-order valence-corrected chi connectivity index (χ0v) is 13.6. The van der Waals surface area contributed by atoms with Gasteiger partial charge in [-0.25, -0.2) is 5.01 Å². The molecule has 24 heavy (non-hydrogen) atoms. The van der Waals surface area contributed by atoms with Crippen molar-refractivity contribution in [2.45, 2.75) is 25.4 Å². The zero-order chi connectivity index (χ0) is 16.4. The Morgan fingerprint density at radius 1 is 1.04 bits per heavy atom. The summed E-state index contributed by atoms with van der Waals surface area (Å²) in [6.07, 6.45) is 3.65. The second kappa shape index (κ2) is 6.57. The maximum Gasteiger partial charge on any atom is 0.257 e. The van der Waals surface area contributed by atoms with Crippen LogP contribution in [0.2, 0.25) is 0 Å². The van der Waals surface area contributed by atoms with Gasteiger partial charge in [-0.05, 0) is 23.1 Å². The highest BCUT2D eigenvalue weighted by molar-refractivity contribution is 5.81. The number of benzene rings is 2. The molecule has 122 valence electrons. The highest BCUT2D eigenvalue weighted by Crippen LogP contribution is 2.28. The van der Waals surface area contributed by atoms with Gasteiger partial charge in [0.25, 0.3) is 5.91 Å². The molecule has 0 aliphatic carbocycles. The second-order valence-electron chi connectivity index (χ2n) is 6.43. The van der Waals surface area contributed by atoms with Crippen molar-refractivity contribution in [1.82, 2.24) is 9.91 Å². The summed E-state index contributed by atoms with van der Waals surface area (Å²) < 4.78 is 0. The lowest BCUT2D eigenvalue weighted by Crippen LogP contribution is -2.40. The second-order valence-corrected chi connectivity index (χ2v) is 6.43. The van der Waals surface area contributed by atoms with Crippen LogP contribution in [0.25, 0.3) is 0 Å². The largest absolute Gasteiger partial charge is 0.290 e. The van der Waals surface area contributed by atoms with Gasteiger partial charge in [-0.2, -0.15) is 5.10 Å². The van der Waals surface area contributed by atoms with E-state index in [1.54, 1.807) is 5.01 Å². The molecule has 0 N–H and O–H groups in total. The van der Waals surface area contributed by atoms with Crippen LogP contribution in [0, 0.1) is 0 Å². The number of hydrazone groups is 1. The Kier molecular flexibility index (Phi) is 4.13. The predicted molar refractivity (Wildman–Crippen MR) is 94.6 cm³/mol. The maximum absolute atomic E-state index is 12.8. The first-order valence-electron chi connectivity index (χ1n) is 8.50. The third-order valence-corrected chi connectivity index (χ3v) is 4.84. The summed E-state index contributed by atoms with van der Waals surface area (Å²) in [4.78, 5) is 15.0. The Hall–Kier alpha value is -2.46. The number of nitrogens with zero attached hydrogens (tertiary/aromatic N) is 3. The van der Waals surface area contributed by atoms with Crippen molar-refractivity contribution in [3.63, 3.8) is 0 Å². The van der Waals surface area contributed by atoms with Gasteiger partial charge in [-0.3, -0.25) is 9.69 Å². The molecule has 1 atom stereocenters. The van der Waals surface area contributed by atoms with E-state index in [-0.39, 0.29) is 11.9 Å². The van der Waals surface area contributed by atoms with E-state index in [1.807, 2.05) is 24.4 Å². The Balaban J connectivity index is 1.44. The van der Waals surface area contributed by atoms with Gasteiger partial charge in [0.05, 0.1) is 12.6 Å². The SMILES string of the molecule is O=C(CN1CCc2ccccc2C1)N1N=CCC1c1ccccc1. The van der Waals surface area contributed by atoms with Crippen LogP contribution in [-0.4, -0.2) is 35.1 Å². The molecule has 4 rings (SSSR count). The molecule has 2 aromatic carbocycles. The summed E-state index contributed by atoms with van der Waals surface area (Å²) in [5.74, 6) is 0.0805. The van der Waals surface area contributed by atoms with Crippen molar-refractivity contribution in [1.29, 1.82) is 0 Å². The van der Waals surface area contributed by atoms with Gasteiger partial charge in [-0.1, -0.05) is 54.6 Å². The van der Waals surface area contributed by atoms with E-state index in [0.29, 0.717) is 6.54 Å². The minimum atomic E-state index is 0.0378. The van der Waals surface area contributed by atoms with E-state index in [9.17, 15) is 4.79 Å². The van der Waals surface area contributed by atoms with E-state index >= 15 is 0 Å². The van der Waals surface area contributed by atoms with E-state index in [4.69, 9.17) is 0 Å². The number of carbonyl (C=O) groups is 1. The van der Waals surface area contributed by atoms with Crippen molar-refractivity contribution in [3.05, 3.63) is 71.3 Å². The molecule has 0 radical (unpaired) electrons. The Morgan fingerprint density at radius 3 is 2.62 bits per heavy atom. The van der Waals surface area contributed by atoms with Crippen LogP contribution in [0.15, 0.2) is 59.7 Å². The first kappa shape index (κ1) is 15.1. The molecule has 0 aromatic heterocycles. The number of rotatable bonds is 3. The highest BCUT2D eigenvalue weighted by Gasteiger charge is 2.29. The van der Waals surface area contributed by atoms with Crippen LogP contribution in [0.3, 0.4) is 0 Å². The van der Waals surface area contributed by atoms with Gasteiger partial charge in [-0.15, -0.1) is 0 Å². The molecule has 4 heteroatoms. The Bertz CT molecular complexity index is 756. The summed E-state index contributed by atoms with van der Waals surface area (Å²) >= 11 is 0. The molecule has 2 aromatic rings. The minimum Gasteiger partial charge on any atom is -0.290 e. The summed E-state index contributed by atoms with van der Waals surface area (Å²) in [6, 6.07) is 18.7. The van der Waals surface area contributed by atoms with Gasteiger partial charge in [0.2, 0.25) is 0 Å². The highest BCUT2D eigenvalue weighted by atomic mass is 16.2. The Labute approximate surface area is 142 Å². The molecular weight excluding hydrogens is 298 g/mol. The quantitative estimate of drug-likeness (QED) is 0.872. The van der Waals surface area contributed by atoms with E-state index < -0.39 is 0 Å². The number of amides is 1. The average molecular weight is 319 g/mol. The molecule has 2 heterocycles. The fourth-order valence-electron chi connectivity index (χ4n) is 3.56. The van der Waals surface area contributed by atoms with Crippen LogP contribution < -0.4 is 0 Å². The fraction of sp³-hybridized carbons (Fsp3) is 0.300. The van der Waals surface area contributed by atoms with E-state index in [1.165, 1.54) is 11.1 Å². The maximum atomic E-state index is 12.8. The van der Waals surface area contributed by atoms with Gasteiger partial charge in [0, 0.05) is 25.7 Å². The predicted octanol–water partition coefficient (Wildman–Crippen LogP) is 3.00. The number of fused-ring (bicyclic) bond motifs is 1. The number of carbonyl (C=O) groups excluding carboxylic acids is 1. The average Bonchev–Trinajstić information content (AvgIpc) is 3.12. The van der Waals surface area contributed by atoms with E-state index in [2.05, 4.69) is 46.4 Å². The molecule has 0 saturated carbocycles. The monoisotopic (exact) mass is 319 g/mol. The van der Waals surface area contributed by atoms with Crippen molar-refractivity contribution in [2.75, 3.05) is 13.1 Å². The third-order valence-electron chi connectivity index (χ3n) is 4.84. The fourth-order valence-corrected chi connectivity index (χ4v) is 3.56. The zero-order valence-electron chi connectivity index (χ0n) is 13.6. The van der Waals surface area contributed by atoms with Gasteiger partial charge >= 0.3 is 0 Å². The first-order valence-corrected chi connectivity index (χ1v) is 8.50. The lowest BCUT2D eigenvalue weighted by molar-refractivity contribution is -0.134. The lowest BCUT2D eigenvalue weighted by Gasteiger charge is -2.30. The summed E-state index contributed by atoms with van der Waals surface area (Å²) in [6.45, 7) is 2.20. The molecule has 0 saturated heterocycles. The summed E-state index contributed by atoms with van der Waals surface area (Å²) in [7, 11) is 0. The summed E-state index contributed by atoms with van der Waals surface area (Å²) in [5.41, 5.74) is 3.89. The van der Waals surface area contributed by atoms with Crippen molar-refractivity contribution in [3.8, 4) is 0 Å². The van der Waals surface area contributed by atoms with Crippen molar-refractivity contribution in [2.24, 2.45) is 5.10 Å². The van der Waals surface area contributed by atoms with Gasteiger partial charge in [0.1, 0.15) is 0 Å². The molecular formula is C20H21N3O. The number of hydrogen-bond acceptors (Lipinski definition) is 3. The first-order chi connectivity index (χ1) is 11.8. The van der Waals surface area contributed by atoms with Crippen LogP contribution in [0.1, 0.15) is 29.2 Å². The molecule has 4 nitrogen and oxygen atoms in total. The smallest absolute Gasteiger partial charge is 0.257 e. The molecule has 1 amide bonds. The van der Waals surface area contributed by atoms with E-state index in [0.717, 1.165) is 31.5 Å². The van der Waals surface area contributed by atoms with Gasteiger partial charge < -0.3 is 0 Å². The topological polar surface area (TPSA) is 35.9 Å². The molecule has 1 unspecified atom stereocenters. The van der Waals surface area contributed by atoms with Crippen LogP contribution >= 0.6 is 0 Å². The number of hydrogen-bond donors (Lipinski definition) is 0. The standard InChI is InChI=1S/C20H21N3O/c24-20(15-22-13-11-16-6-4-5-9-18(16)14-22)23-19(10-12-21-23)17-7-2-1-3-8-17/h1-9,12,19H,10-11,13-15H2. The molecule has 0 bridgehead atoms. The van der Waals surface area contributed by atoms with Crippen molar-refractivity contribution < 1.29 is 4.79 Å². The third kappa shape index (κ3) is 2.97. The molecule has 0 fully saturated rings. The van der Waals surface area contributed by atoms with Gasteiger partial charge in [0.15, 0.2) is 0 Å². The lowest BCUT2D eigenvalue weighted by atomic mass is 10.00. The molecule has 0 spiro atoms. The normalized spacial score (nSPS) is 20.2. The molecule has 2 aliphatic heterocycles. The minimum absolute atomic E-state index is 0.0378. The molecule has 2 aliphatic rings. The van der Waals surface area contributed by atoms with Crippen LogP contribution in [0.4, 0.5) is 0 Å². The summed E-state index contributed by atoms with van der Waals surface area (Å²) in [5, 5.41) is 6.00. The Morgan fingerprint density at radius 2 is 1.79 bits per heavy atom. The van der Waals surface area contributed by atoms with Crippen molar-refractivity contribution >= 4 is 12.1 Å². The van der Waals surface area contributed by atoms with Crippen LogP contribution in [0.5, 0.6) is 0 Å².